The van der Waals surface area contributed by atoms with Gasteiger partial charge in [0.1, 0.15) is 5.75 Å². The minimum absolute atomic E-state index is 0.139. The van der Waals surface area contributed by atoms with Gasteiger partial charge in [0.25, 0.3) is 0 Å². The zero-order valence-electron chi connectivity index (χ0n) is 8.28. The number of hydrogen-bond acceptors (Lipinski definition) is 3. The highest BCUT2D eigenvalue weighted by Crippen LogP contribution is 2.26. The zero-order chi connectivity index (χ0) is 10.0. The quantitative estimate of drug-likeness (QED) is 0.724. The van der Waals surface area contributed by atoms with Gasteiger partial charge in [0, 0.05) is 31.4 Å². The molecule has 0 aromatic heterocycles. The van der Waals surface area contributed by atoms with Crippen LogP contribution in [0.25, 0.3) is 0 Å². The Hall–Kier alpha value is -1.22. The summed E-state index contributed by atoms with van der Waals surface area (Å²) in [5.74, 6) is 0.264. The SMILES string of the molecule is CC(N)c1cc(N(C)C)ccc1O. The smallest absolute Gasteiger partial charge is 0.120 e. The highest BCUT2D eigenvalue weighted by Gasteiger charge is 2.07. The standard InChI is InChI=1S/C10H16N2O/c1-7(11)9-6-8(12(2)3)4-5-10(9)13/h4-7,13H,11H2,1-3H3. The number of nitrogens with two attached hydrogens (primary N) is 1. The Balaban J connectivity index is 3.11. The molecule has 3 nitrogen and oxygen atoms in total. The molecule has 13 heavy (non-hydrogen) atoms. The average Bonchev–Trinajstić information content (AvgIpc) is 2.04. The van der Waals surface area contributed by atoms with Crippen LogP contribution in [-0.2, 0) is 0 Å². The normalized spacial score (nSPS) is 12.6. The Morgan fingerprint density at radius 2 is 2.00 bits per heavy atom. The van der Waals surface area contributed by atoms with Gasteiger partial charge in [-0.2, -0.15) is 0 Å². The lowest BCUT2D eigenvalue weighted by Crippen LogP contribution is -2.11. The predicted molar refractivity (Wildman–Crippen MR) is 55.0 cm³/mol. The number of aromatic hydroxyl groups is 1. The summed E-state index contributed by atoms with van der Waals surface area (Å²) in [6, 6.07) is 5.30. The summed E-state index contributed by atoms with van der Waals surface area (Å²) >= 11 is 0. The van der Waals surface area contributed by atoms with Gasteiger partial charge in [-0.3, -0.25) is 0 Å². The first-order valence-corrected chi connectivity index (χ1v) is 4.28. The first kappa shape index (κ1) is 9.86. The number of nitrogens with zero attached hydrogens (tertiary/aromatic N) is 1. The molecule has 0 heterocycles. The minimum Gasteiger partial charge on any atom is -0.508 e. The monoisotopic (exact) mass is 180 g/mol. The first-order chi connectivity index (χ1) is 6.02. The molecular formula is C10H16N2O. The minimum atomic E-state index is -0.139. The number of rotatable bonds is 2. The highest BCUT2D eigenvalue weighted by atomic mass is 16.3. The maximum atomic E-state index is 9.49. The lowest BCUT2D eigenvalue weighted by atomic mass is 10.1. The van der Waals surface area contributed by atoms with Crippen molar-refractivity contribution < 1.29 is 5.11 Å². The van der Waals surface area contributed by atoms with E-state index in [4.69, 9.17) is 5.73 Å². The average molecular weight is 180 g/mol. The second kappa shape index (κ2) is 3.66. The lowest BCUT2D eigenvalue weighted by molar-refractivity contribution is 0.464. The van der Waals surface area contributed by atoms with Gasteiger partial charge < -0.3 is 15.7 Å². The number of benzene rings is 1. The van der Waals surface area contributed by atoms with E-state index in [0.717, 1.165) is 11.3 Å². The van der Waals surface area contributed by atoms with E-state index in [1.165, 1.54) is 0 Å². The van der Waals surface area contributed by atoms with Crippen molar-refractivity contribution in [1.29, 1.82) is 0 Å². The molecule has 0 saturated heterocycles. The molecular weight excluding hydrogens is 164 g/mol. The van der Waals surface area contributed by atoms with Crippen LogP contribution in [-0.4, -0.2) is 19.2 Å². The molecule has 0 aliphatic carbocycles. The summed E-state index contributed by atoms with van der Waals surface area (Å²) < 4.78 is 0. The topological polar surface area (TPSA) is 49.5 Å². The van der Waals surface area contributed by atoms with Crippen molar-refractivity contribution in [2.24, 2.45) is 5.73 Å². The van der Waals surface area contributed by atoms with Gasteiger partial charge in [0.15, 0.2) is 0 Å². The fourth-order valence-electron chi connectivity index (χ4n) is 1.18. The van der Waals surface area contributed by atoms with Gasteiger partial charge in [-0.25, -0.2) is 0 Å². The van der Waals surface area contributed by atoms with Crippen LogP contribution in [0.3, 0.4) is 0 Å². The molecule has 0 saturated carbocycles. The molecule has 0 aliphatic rings. The summed E-state index contributed by atoms with van der Waals surface area (Å²) in [6.45, 7) is 1.86. The lowest BCUT2D eigenvalue weighted by Gasteiger charge is -2.16. The van der Waals surface area contributed by atoms with Crippen LogP contribution >= 0.6 is 0 Å². The third-order valence-corrected chi connectivity index (χ3v) is 2.02. The summed E-state index contributed by atoms with van der Waals surface area (Å²) in [4.78, 5) is 1.98. The van der Waals surface area contributed by atoms with E-state index in [1.807, 2.05) is 38.1 Å². The summed E-state index contributed by atoms with van der Waals surface area (Å²) in [5, 5.41) is 9.49. The molecule has 1 unspecified atom stereocenters. The second-order valence-electron chi connectivity index (χ2n) is 3.43. The summed E-state index contributed by atoms with van der Waals surface area (Å²) in [7, 11) is 3.91. The van der Waals surface area contributed by atoms with E-state index in [9.17, 15) is 5.11 Å². The zero-order valence-corrected chi connectivity index (χ0v) is 8.28. The van der Waals surface area contributed by atoms with E-state index in [1.54, 1.807) is 6.07 Å². The molecule has 3 N–H and O–H groups in total. The summed E-state index contributed by atoms with van der Waals surface area (Å²) in [6.07, 6.45) is 0. The molecule has 3 heteroatoms. The Labute approximate surface area is 78.8 Å². The molecule has 1 aromatic rings. The molecule has 0 bridgehead atoms. The molecule has 0 spiro atoms. The fraction of sp³-hybridized carbons (Fsp3) is 0.400. The van der Waals surface area contributed by atoms with E-state index < -0.39 is 0 Å². The van der Waals surface area contributed by atoms with Crippen LogP contribution in [0.1, 0.15) is 18.5 Å². The third-order valence-electron chi connectivity index (χ3n) is 2.02. The second-order valence-corrected chi connectivity index (χ2v) is 3.43. The van der Waals surface area contributed by atoms with E-state index in [-0.39, 0.29) is 11.8 Å². The van der Waals surface area contributed by atoms with Crippen molar-refractivity contribution in [2.45, 2.75) is 13.0 Å². The number of phenols is 1. The van der Waals surface area contributed by atoms with Crippen molar-refractivity contribution in [3.8, 4) is 5.75 Å². The van der Waals surface area contributed by atoms with Gasteiger partial charge in [-0.15, -0.1) is 0 Å². The maximum Gasteiger partial charge on any atom is 0.120 e. The van der Waals surface area contributed by atoms with E-state index in [0.29, 0.717) is 0 Å². The van der Waals surface area contributed by atoms with Crippen LogP contribution in [0.2, 0.25) is 0 Å². The molecule has 0 radical (unpaired) electrons. The molecule has 1 atom stereocenters. The van der Waals surface area contributed by atoms with Crippen molar-refractivity contribution in [3.63, 3.8) is 0 Å². The van der Waals surface area contributed by atoms with Crippen LogP contribution in [0.4, 0.5) is 5.69 Å². The van der Waals surface area contributed by atoms with Gasteiger partial charge in [0.2, 0.25) is 0 Å². The Morgan fingerprint density at radius 1 is 1.38 bits per heavy atom. The van der Waals surface area contributed by atoms with Gasteiger partial charge in [-0.1, -0.05) is 0 Å². The van der Waals surface area contributed by atoms with Crippen molar-refractivity contribution in [3.05, 3.63) is 23.8 Å². The number of hydrogen-bond donors (Lipinski definition) is 2. The van der Waals surface area contributed by atoms with Crippen LogP contribution in [0.15, 0.2) is 18.2 Å². The fourth-order valence-corrected chi connectivity index (χ4v) is 1.18. The van der Waals surface area contributed by atoms with Crippen LogP contribution in [0.5, 0.6) is 5.75 Å². The third kappa shape index (κ3) is 2.12. The predicted octanol–water partition coefficient (Wildman–Crippen LogP) is 1.48. The molecule has 0 amide bonds. The van der Waals surface area contributed by atoms with Crippen molar-refractivity contribution >= 4 is 5.69 Å². The van der Waals surface area contributed by atoms with Crippen LogP contribution in [0, 0.1) is 0 Å². The van der Waals surface area contributed by atoms with Gasteiger partial charge in [0.05, 0.1) is 0 Å². The van der Waals surface area contributed by atoms with Gasteiger partial charge in [-0.05, 0) is 25.1 Å². The first-order valence-electron chi connectivity index (χ1n) is 4.28. The number of phenolic OH excluding ortho intramolecular Hbond substituents is 1. The van der Waals surface area contributed by atoms with Gasteiger partial charge >= 0.3 is 0 Å². The molecule has 72 valence electrons. The van der Waals surface area contributed by atoms with E-state index >= 15 is 0 Å². The largest absolute Gasteiger partial charge is 0.508 e. The molecule has 0 aliphatic heterocycles. The summed E-state index contributed by atoms with van der Waals surface area (Å²) in [5.41, 5.74) is 7.53. The Kier molecular flexibility index (Phi) is 2.78. The van der Waals surface area contributed by atoms with Crippen molar-refractivity contribution in [1.82, 2.24) is 0 Å². The Bertz CT molecular complexity index is 295. The maximum absolute atomic E-state index is 9.49. The van der Waals surface area contributed by atoms with Crippen molar-refractivity contribution in [2.75, 3.05) is 19.0 Å². The molecule has 0 fully saturated rings. The van der Waals surface area contributed by atoms with E-state index in [2.05, 4.69) is 0 Å². The molecule has 1 aromatic carbocycles. The number of anilines is 1. The molecule has 1 rings (SSSR count). The van der Waals surface area contributed by atoms with Crippen LogP contribution < -0.4 is 10.6 Å². The highest BCUT2D eigenvalue weighted by molar-refractivity contribution is 5.52. The Morgan fingerprint density at radius 3 is 2.46 bits per heavy atom.